The third-order valence-corrected chi connectivity index (χ3v) is 4.06. The van der Waals surface area contributed by atoms with Crippen LogP contribution in [0, 0.1) is 0 Å². The van der Waals surface area contributed by atoms with Crippen LogP contribution in [-0.4, -0.2) is 80.1 Å². The van der Waals surface area contributed by atoms with Crippen LogP contribution in [0.25, 0.3) is 0 Å². The Labute approximate surface area is 106 Å². The summed E-state index contributed by atoms with van der Waals surface area (Å²) in [7, 11) is 0. The average molecular weight is 240 g/mol. The van der Waals surface area contributed by atoms with E-state index in [1.54, 1.807) is 0 Å². The number of hydrogen-bond donors (Lipinski definition) is 1. The fourth-order valence-corrected chi connectivity index (χ4v) is 2.94. The van der Waals surface area contributed by atoms with E-state index in [0.717, 1.165) is 13.1 Å². The highest BCUT2D eigenvalue weighted by molar-refractivity contribution is 4.73. The molecule has 0 aromatic heterocycles. The summed E-state index contributed by atoms with van der Waals surface area (Å²) in [5.74, 6) is 0. The molecule has 0 bridgehead atoms. The molecule has 17 heavy (non-hydrogen) atoms. The predicted molar refractivity (Wildman–Crippen MR) is 72.2 cm³/mol. The molecule has 2 aliphatic rings. The van der Waals surface area contributed by atoms with Crippen molar-refractivity contribution in [1.82, 2.24) is 14.7 Å². The van der Waals surface area contributed by atoms with Gasteiger partial charge < -0.3 is 20.4 Å². The first kappa shape index (κ1) is 13.3. The zero-order chi connectivity index (χ0) is 11.9. The van der Waals surface area contributed by atoms with Gasteiger partial charge in [0.1, 0.15) is 0 Å². The summed E-state index contributed by atoms with van der Waals surface area (Å²) in [6.45, 7) is 12.0. The lowest BCUT2D eigenvalue weighted by atomic mass is 10.3. The van der Waals surface area contributed by atoms with Gasteiger partial charge in [-0.3, -0.25) is 0 Å². The van der Waals surface area contributed by atoms with Gasteiger partial charge in [0.05, 0.1) is 0 Å². The van der Waals surface area contributed by atoms with Crippen LogP contribution >= 0.6 is 0 Å². The molecule has 0 atom stereocenters. The number of nitrogens with zero attached hydrogens (tertiary/aromatic N) is 3. The molecule has 4 nitrogen and oxygen atoms in total. The van der Waals surface area contributed by atoms with Gasteiger partial charge in [-0.15, -0.1) is 0 Å². The predicted octanol–water partition coefficient (Wildman–Crippen LogP) is 0.0486. The summed E-state index contributed by atoms with van der Waals surface area (Å²) in [5, 5.41) is 0. The lowest BCUT2D eigenvalue weighted by Gasteiger charge is -2.24. The Hall–Kier alpha value is -0.160. The van der Waals surface area contributed by atoms with Crippen LogP contribution in [0.15, 0.2) is 0 Å². The molecule has 0 amide bonds. The van der Waals surface area contributed by atoms with Crippen molar-refractivity contribution in [2.24, 2.45) is 5.73 Å². The van der Waals surface area contributed by atoms with Crippen molar-refractivity contribution in [3.05, 3.63) is 0 Å². The summed E-state index contributed by atoms with van der Waals surface area (Å²) >= 11 is 0. The van der Waals surface area contributed by atoms with Crippen molar-refractivity contribution in [2.45, 2.75) is 19.3 Å². The quantitative estimate of drug-likeness (QED) is 0.736. The second-order valence-electron chi connectivity index (χ2n) is 5.37. The monoisotopic (exact) mass is 240 g/mol. The van der Waals surface area contributed by atoms with E-state index in [1.165, 1.54) is 71.6 Å². The molecule has 2 heterocycles. The molecule has 0 aliphatic carbocycles. The summed E-state index contributed by atoms with van der Waals surface area (Å²) in [6, 6.07) is 0. The van der Waals surface area contributed by atoms with E-state index in [2.05, 4.69) is 14.7 Å². The number of nitrogens with two attached hydrogens (primary N) is 1. The van der Waals surface area contributed by atoms with Gasteiger partial charge in [-0.05, 0) is 45.4 Å². The average Bonchev–Trinajstić information content (AvgIpc) is 2.75. The first-order chi connectivity index (χ1) is 8.38. The van der Waals surface area contributed by atoms with Gasteiger partial charge in [0.2, 0.25) is 0 Å². The number of rotatable bonds is 5. The van der Waals surface area contributed by atoms with Gasteiger partial charge in [-0.2, -0.15) is 0 Å². The van der Waals surface area contributed by atoms with Crippen LogP contribution in [-0.2, 0) is 0 Å². The van der Waals surface area contributed by atoms with Gasteiger partial charge in [-0.25, -0.2) is 0 Å². The molecule has 0 aromatic carbocycles. The maximum Gasteiger partial charge on any atom is 0.0110 e. The second kappa shape index (κ2) is 7.31. The molecule has 0 unspecified atom stereocenters. The van der Waals surface area contributed by atoms with Crippen molar-refractivity contribution >= 4 is 0 Å². The zero-order valence-corrected chi connectivity index (χ0v) is 11.1. The molecule has 2 N–H and O–H groups in total. The highest BCUT2D eigenvalue weighted by Gasteiger charge is 2.16. The number of likely N-dealkylation sites (tertiary alicyclic amines) is 1. The van der Waals surface area contributed by atoms with Gasteiger partial charge >= 0.3 is 0 Å². The van der Waals surface area contributed by atoms with Crippen molar-refractivity contribution < 1.29 is 0 Å². The second-order valence-corrected chi connectivity index (χ2v) is 5.37. The van der Waals surface area contributed by atoms with Crippen LogP contribution in [0.5, 0.6) is 0 Å². The van der Waals surface area contributed by atoms with E-state index in [9.17, 15) is 0 Å². The minimum absolute atomic E-state index is 0.799. The summed E-state index contributed by atoms with van der Waals surface area (Å²) in [6.07, 6.45) is 4.12. The van der Waals surface area contributed by atoms with Crippen molar-refractivity contribution in [2.75, 3.05) is 65.4 Å². The Balaban J connectivity index is 1.63. The van der Waals surface area contributed by atoms with Gasteiger partial charge in [0.15, 0.2) is 0 Å². The van der Waals surface area contributed by atoms with Crippen LogP contribution in [0.4, 0.5) is 0 Å². The van der Waals surface area contributed by atoms with Crippen LogP contribution < -0.4 is 5.73 Å². The third-order valence-electron chi connectivity index (χ3n) is 4.06. The van der Waals surface area contributed by atoms with E-state index in [0.29, 0.717) is 0 Å². The molecule has 0 radical (unpaired) electrons. The fraction of sp³-hybridized carbons (Fsp3) is 1.00. The van der Waals surface area contributed by atoms with Gasteiger partial charge in [0, 0.05) is 39.3 Å². The normalized spacial score (nSPS) is 25.2. The van der Waals surface area contributed by atoms with E-state index < -0.39 is 0 Å². The Morgan fingerprint density at radius 1 is 0.588 bits per heavy atom. The largest absolute Gasteiger partial charge is 0.329 e. The van der Waals surface area contributed by atoms with Crippen LogP contribution in [0.3, 0.4) is 0 Å². The minimum Gasteiger partial charge on any atom is -0.329 e. The Morgan fingerprint density at radius 2 is 1.06 bits per heavy atom. The van der Waals surface area contributed by atoms with Crippen molar-refractivity contribution in [1.29, 1.82) is 0 Å². The first-order valence-corrected chi connectivity index (χ1v) is 7.25. The molecule has 2 rings (SSSR count). The van der Waals surface area contributed by atoms with Gasteiger partial charge in [-0.1, -0.05) is 0 Å². The molecule has 0 spiro atoms. The number of hydrogen-bond acceptors (Lipinski definition) is 4. The molecule has 2 aliphatic heterocycles. The van der Waals surface area contributed by atoms with E-state index >= 15 is 0 Å². The SMILES string of the molecule is NCCN1CCCN(CCN2CCCC2)CC1. The standard InChI is InChI=1S/C13H28N4/c14-4-9-16-7-3-8-17(13-11-16)12-10-15-5-1-2-6-15/h1-14H2. The van der Waals surface area contributed by atoms with Crippen molar-refractivity contribution in [3.63, 3.8) is 0 Å². The van der Waals surface area contributed by atoms with Crippen molar-refractivity contribution in [3.8, 4) is 0 Å². The molecular formula is C13H28N4. The third kappa shape index (κ3) is 4.54. The fourth-order valence-electron chi connectivity index (χ4n) is 2.94. The first-order valence-electron chi connectivity index (χ1n) is 7.25. The zero-order valence-electron chi connectivity index (χ0n) is 11.1. The highest BCUT2D eigenvalue weighted by Crippen LogP contribution is 2.08. The van der Waals surface area contributed by atoms with E-state index in [-0.39, 0.29) is 0 Å². The van der Waals surface area contributed by atoms with Gasteiger partial charge in [0.25, 0.3) is 0 Å². The van der Waals surface area contributed by atoms with E-state index in [4.69, 9.17) is 5.73 Å². The molecular weight excluding hydrogens is 212 g/mol. The Kier molecular flexibility index (Phi) is 5.71. The van der Waals surface area contributed by atoms with Crippen LogP contribution in [0.2, 0.25) is 0 Å². The molecule has 0 saturated carbocycles. The smallest absolute Gasteiger partial charge is 0.0110 e. The van der Waals surface area contributed by atoms with Crippen LogP contribution in [0.1, 0.15) is 19.3 Å². The highest BCUT2D eigenvalue weighted by atomic mass is 15.2. The molecule has 0 aromatic rings. The molecule has 2 fully saturated rings. The molecule has 2 saturated heterocycles. The lowest BCUT2D eigenvalue weighted by Crippen LogP contribution is -2.37. The molecule has 4 heteroatoms. The Bertz CT molecular complexity index is 204. The summed E-state index contributed by atoms with van der Waals surface area (Å²) in [5.41, 5.74) is 5.62. The van der Waals surface area contributed by atoms with E-state index in [1.807, 2.05) is 0 Å². The summed E-state index contributed by atoms with van der Waals surface area (Å²) in [4.78, 5) is 7.76. The topological polar surface area (TPSA) is 35.7 Å². The molecule has 100 valence electrons. The minimum atomic E-state index is 0.799. The Morgan fingerprint density at radius 3 is 1.65 bits per heavy atom. The maximum atomic E-state index is 5.62. The maximum absolute atomic E-state index is 5.62. The lowest BCUT2D eigenvalue weighted by molar-refractivity contribution is 0.224. The summed E-state index contributed by atoms with van der Waals surface area (Å²) < 4.78 is 0.